The van der Waals surface area contributed by atoms with E-state index in [4.69, 9.17) is 0 Å². The van der Waals surface area contributed by atoms with E-state index in [1.54, 1.807) is 18.2 Å². The number of alkyl halides is 3. The highest BCUT2D eigenvalue weighted by Gasteiger charge is 2.34. The van der Waals surface area contributed by atoms with Gasteiger partial charge in [0.15, 0.2) is 17.2 Å². The third-order valence-electron chi connectivity index (χ3n) is 2.66. The van der Waals surface area contributed by atoms with Gasteiger partial charge in [0.05, 0.1) is 12.4 Å². The van der Waals surface area contributed by atoms with Gasteiger partial charge < -0.3 is 0 Å². The molecular weight excluding hydrogens is 289 g/mol. The van der Waals surface area contributed by atoms with Gasteiger partial charge in [-0.05, 0) is 12.1 Å². The Kier molecular flexibility index (Phi) is 2.85. The third-order valence-corrected chi connectivity index (χ3v) is 2.66. The summed E-state index contributed by atoms with van der Waals surface area (Å²) in [5.41, 5.74) is -1.86. The molecule has 0 bridgehead atoms. The lowest BCUT2D eigenvalue weighted by Crippen LogP contribution is -2.19. The van der Waals surface area contributed by atoms with E-state index in [-0.39, 0.29) is 5.69 Å². The second-order valence-corrected chi connectivity index (χ2v) is 4.03. The van der Waals surface area contributed by atoms with Crippen LogP contribution in [0.2, 0.25) is 0 Å². The molecular formula is C11H7F3N6O. The predicted molar refractivity (Wildman–Crippen MR) is 64.1 cm³/mol. The lowest BCUT2D eigenvalue weighted by Gasteiger charge is -1.98. The fourth-order valence-corrected chi connectivity index (χ4v) is 1.69. The van der Waals surface area contributed by atoms with Crippen LogP contribution in [0.3, 0.4) is 0 Å². The molecule has 0 spiro atoms. The zero-order valence-corrected chi connectivity index (χ0v) is 10.2. The van der Waals surface area contributed by atoms with Crippen LogP contribution in [0.4, 0.5) is 13.2 Å². The van der Waals surface area contributed by atoms with Crippen molar-refractivity contribution in [2.24, 2.45) is 0 Å². The van der Waals surface area contributed by atoms with Gasteiger partial charge in [0.2, 0.25) is 0 Å². The quantitative estimate of drug-likeness (QED) is 0.769. The molecule has 108 valence electrons. The van der Waals surface area contributed by atoms with Crippen molar-refractivity contribution in [1.82, 2.24) is 29.8 Å². The number of nitrogens with zero attached hydrogens (tertiary/aromatic N) is 5. The predicted octanol–water partition coefficient (Wildman–Crippen LogP) is 1.16. The molecule has 7 nitrogen and oxygen atoms in total. The molecule has 0 aliphatic carbocycles. The van der Waals surface area contributed by atoms with Gasteiger partial charge >= 0.3 is 6.18 Å². The van der Waals surface area contributed by atoms with E-state index in [1.807, 2.05) is 0 Å². The summed E-state index contributed by atoms with van der Waals surface area (Å²) in [5.74, 6) is 0.310. The van der Waals surface area contributed by atoms with Crippen molar-refractivity contribution in [2.45, 2.75) is 6.18 Å². The first kappa shape index (κ1) is 13.1. The normalized spacial score (nSPS) is 11.8. The molecule has 0 saturated heterocycles. The molecule has 0 fully saturated rings. The van der Waals surface area contributed by atoms with E-state index >= 15 is 0 Å². The number of aromatic amines is 1. The molecule has 0 unspecified atom stereocenters. The van der Waals surface area contributed by atoms with E-state index in [2.05, 4.69) is 20.4 Å². The Morgan fingerprint density at radius 3 is 2.67 bits per heavy atom. The van der Waals surface area contributed by atoms with Crippen LogP contribution in [0.5, 0.6) is 0 Å². The van der Waals surface area contributed by atoms with Crippen LogP contribution in [0.1, 0.15) is 5.69 Å². The fourth-order valence-electron chi connectivity index (χ4n) is 1.69. The van der Waals surface area contributed by atoms with Gasteiger partial charge in [-0.15, -0.1) is 5.10 Å². The molecule has 3 rings (SSSR count). The maximum Gasteiger partial charge on any atom is 0.436 e. The van der Waals surface area contributed by atoms with Crippen LogP contribution in [-0.4, -0.2) is 29.8 Å². The topological polar surface area (TPSA) is 81.4 Å². The molecule has 0 saturated carbocycles. The molecule has 3 aromatic heterocycles. The van der Waals surface area contributed by atoms with Crippen molar-refractivity contribution in [1.29, 1.82) is 0 Å². The molecule has 0 amide bonds. The van der Waals surface area contributed by atoms with E-state index < -0.39 is 17.4 Å². The first-order chi connectivity index (χ1) is 9.97. The Balaban J connectivity index is 2.04. The highest BCUT2D eigenvalue weighted by atomic mass is 19.4. The van der Waals surface area contributed by atoms with Crippen LogP contribution >= 0.6 is 0 Å². The Labute approximate surface area is 114 Å². The van der Waals surface area contributed by atoms with Crippen molar-refractivity contribution >= 4 is 0 Å². The van der Waals surface area contributed by atoms with Crippen molar-refractivity contribution in [2.75, 3.05) is 0 Å². The molecule has 10 heteroatoms. The van der Waals surface area contributed by atoms with E-state index in [1.165, 1.54) is 12.4 Å². The molecule has 0 aromatic carbocycles. The number of hydrogen-bond donors (Lipinski definition) is 1. The van der Waals surface area contributed by atoms with E-state index in [9.17, 15) is 18.0 Å². The Hall–Kier alpha value is -2.91. The van der Waals surface area contributed by atoms with Crippen molar-refractivity contribution in [3.8, 4) is 11.5 Å². The summed E-state index contributed by atoms with van der Waals surface area (Å²) in [6, 6.07) is 4.92. The SMILES string of the molecule is O=c1c(-n2cc(C(F)(F)F)nn2)c[nH]n1-c1ccccn1. The maximum atomic E-state index is 12.5. The molecule has 0 aliphatic heterocycles. The zero-order chi connectivity index (χ0) is 15.0. The van der Waals surface area contributed by atoms with Crippen LogP contribution < -0.4 is 5.56 Å². The Bertz CT molecular complexity index is 816. The number of H-pyrrole nitrogens is 1. The summed E-state index contributed by atoms with van der Waals surface area (Å²) in [6.45, 7) is 0. The molecule has 21 heavy (non-hydrogen) atoms. The second kappa shape index (κ2) is 4.58. The van der Waals surface area contributed by atoms with Gasteiger partial charge in [0.1, 0.15) is 0 Å². The van der Waals surface area contributed by atoms with E-state index in [0.29, 0.717) is 12.0 Å². The average Bonchev–Trinajstić information content (AvgIpc) is 3.05. The highest BCUT2D eigenvalue weighted by Crippen LogP contribution is 2.27. The smallest absolute Gasteiger partial charge is 0.295 e. The zero-order valence-electron chi connectivity index (χ0n) is 10.2. The molecule has 3 aromatic rings. The fraction of sp³-hybridized carbons (Fsp3) is 0.0909. The summed E-state index contributed by atoms with van der Waals surface area (Å²) >= 11 is 0. The van der Waals surface area contributed by atoms with Crippen molar-refractivity contribution < 1.29 is 13.2 Å². The number of rotatable bonds is 2. The first-order valence-corrected chi connectivity index (χ1v) is 5.68. The lowest BCUT2D eigenvalue weighted by atomic mass is 10.4. The van der Waals surface area contributed by atoms with Gasteiger partial charge in [-0.25, -0.2) is 9.67 Å². The Morgan fingerprint density at radius 1 is 1.24 bits per heavy atom. The van der Waals surface area contributed by atoms with Gasteiger partial charge in [-0.3, -0.25) is 9.89 Å². The first-order valence-electron chi connectivity index (χ1n) is 5.68. The van der Waals surface area contributed by atoms with Crippen LogP contribution in [0, 0.1) is 0 Å². The molecule has 0 atom stereocenters. The minimum absolute atomic E-state index is 0.0938. The van der Waals surface area contributed by atoms with Crippen molar-refractivity contribution in [3.05, 3.63) is 52.8 Å². The van der Waals surface area contributed by atoms with E-state index in [0.717, 1.165) is 9.36 Å². The molecule has 3 heterocycles. The lowest BCUT2D eigenvalue weighted by molar-refractivity contribution is -0.141. The van der Waals surface area contributed by atoms with Crippen molar-refractivity contribution in [3.63, 3.8) is 0 Å². The minimum Gasteiger partial charge on any atom is -0.295 e. The summed E-state index contributed by atoms with van der Waals surface area (Å²) < 4.78 is 39.3. The van der Waals surface area contributed by atoms with Crippen LogP contribution in [0.15, 0.2) is 41.6 Å². The average molecular weight is 296 g/mol. The Morgan fingerprint density at radius 2 is 2.05 bits per heavy atom. The molecule has 1 N–H and O–H groups in total. The van der Waals surface area contributed by atoms with Gasteiger partial charge in [-0.1, -0.05) is 11.3 Å². The number of halogens is 3. The van der Waals surface area contributed by atoms with Crippen LogP contribution in [-0.2, 0) is 6.18 Å². The summed E-state index contributed by atoms with van der Waals surface area (Å²) in [5, 5.41) is 8.92. The standard InChI is InChI=1S/C11H7F3N6O/c12-11(13,14)8-6-19(18-17-8)7-5-16-20(10(7)21)9-3-1-2-4-15-9/h1-6,16H. The highest BCUT2D eigenvalue weighted by molar-refractivity contribution is 5.30. The number of aromatic nitrogens is 6. The maximum absolute atomic E-state index is 12.5. The molecule has 0 radical (unpaired) electrons. The number of pyridine rings is 1. The summed E-state index contributed by atoms with van der Waals surface area (Å²) in [4.78, 5) is 16.1. The van der Waals surface area contributed by atoms with Crippen LogP contribution in [0.25, 0.3) is 11.5 Å². The van der Waals surface area contributed by atoms with Gasteiger partial charge in [0.25, 0.3) is 5.56 Å². The molecule has 0 aliphatic rings. The number of hydrogen-bond acceptors (Lipinski definition) is 4. The van der Waals surface area contributed by atoms with Gasteiger partial charge in [-0.2, -0.15) is 17.9 Å². The summed E-state index contributed by atoms with van der Waals surface area (Å²) in [6.07, 6.45) is -1.26. The largest absolute Gasteiger partial charge is 0.436 e. The number of nitrogens with one attached hydrogen (secondary N) is 1. The summed E-state index contributed by atoms with van der Waals surface area (Å²) in [7, 11) is 0. The third kappa shape index (κ3) is 2.30. The second-order valence-electron chi connectivity index (χ2n) is 4.03. The van der Waals surface area contributed by atoms with Gasteiger partial charge in [0, 0.05) is 6.20 Å². The minimum atomic E-state index is -4.62. The monoisotopic (exact) mass is 296 g/mol.